The molecule has 4 aromatic rings. The zero-order valence-electron chi connectivity index (χ0n) is 17.2. The average molecular weight is 498 g/mol. The van der Waals surface area contributed by atoms with E-state index in [9.17, 15) is 4.79 Å². The van der Waals surface area contributed by atoms with Gasteiger partial charge in [0.05, 0.1) is 25.2 Å². The number of hydrogen-bond acceptors (Lipinski definition) is 6. The van der Waals surface area contributed by atoms with Crippen LogP contribution in [0, 0.1) is 0 Å². The molecule has 0 bridgehead atoms. The molecule has 0 atom stereocenters. The molecule has 0 unspecified atom stereocenters. The number of benzene rings is 2. The van der Waals surface area contributed by atoms with Crippen molar-refractivity contribution in [2.24, 2.45) is 0 Å². The van der Waals surface area contributed by atoms with Gasteiger partial charge in [-0.3, -0.25) is 4.79 Å². The van der Waals surface area contributed by atoms with Crippen molar-refractivity contribution < 1.29 is 23.4 Å². The number of amides is 1. The Bertz CT molecular complexity index is 1170. The molecule has 4 rings (SSSR count). The van der Waals surface area contributed by atoms with Crippen molar-refractivity contribution in [3.05, 3.63) is 89.1 Å². The number of rotatable bonds is 9. The number of nitrogens with zero attached hydrogens (tertiary/aromatic N) is 2. The number of nitrogens with one attached hydrogen (secondary N) is 1. The van der Waals surface area contributed by atoms with Crippen LogP contribution in [0.4, 0.5) is 5.69 Å². The standard InChI is InChI=1S/C23H20BrN3O5/c1-29-18-6-8-19(9-7-18)30-14-21-10-11-22(32-21)23(28)26-17-12-25-27(13-17)15-31-20-4-2-16(24)3-5-20/h2-13H,14-15H2,1H3,(H,26,28). The largest absolute Gasteiger partial charge is 0.497 e. The number of carbonyl (C=O) groups is 1. The first-order valence-electron chi connectivity index (χ1n) is 9.67. The number of halogens is 1. The number of furan rings is 1. The summed E-state index contributed by atoms with van der Waals surface area (Å²) in [7, 11) is 1.61. The lowest BCUT2D eigenvalue weighted by Gasteiger charge is -2.06. The third-order valence-electron chi connectivity index (χ3n) is 4.39. The van der Waals surface area contributed by atoms with E-state index in [1.54, 1.807) is 60.6 Å². The molecule has 1 N–H and O–H groups in total. The molecule has 32 heavy (non-hydrogen) atoms. The molecule has 9 heteroatoms. The zero-order chi connectivity index (χ0) is 22.3. The number of methoxy groups -OCH3 is 1. The fraction of sp³-hybridized carbons (Fsp3) is 0.130. The second-order valence-electron chi connectivity index (χ2n) is 6.68. The zero-order valence-corrected chi connectivity index (χ0v) is 18.7. The smallest absolute Gasteiger partial charge is 0.291 e. The first-order valence-corrected chi connectivity index (χ1v) is 10.5. The highest BCUT2D eigenvalue weighted by molar-refractivity contribution is 9.10. The van der Waals surface area contributed by atoms with Crippen LogP contribution in [-0.2, 0) is 13.3 Å². The highest BCUT2D eigenvalue weighted by atomic mass is 79.9. The Labute approximate surface area is 192 Å². The van der Waals surface area contributed by atoms with E-state index in [1.165, 1.54) is 0 Å². The molecule has 8 nitrogen and oxygen atoms in total. The summed E-state index contributed by atoms with van der Waals surface area (Å²) in [5.41, 5.74) is 0.529. The van der Waals surface area contributed by atoms with Crippen molar-refractivity contribution in [3.8, 4) is 17.2 Å². The lowest BCUT2D eigenvalue weighted by molar-refractivity contribution is 0.0992. The molecule has 2 aromatic carbocycles. The monoisotopic (exact) mass is 497 g/mol. The van der Waals surface area contributed by atoms with Crippen LogP contribution in [0.3, 0.4) is 0 Å². The summed E-state index contributed by atoms with van der Waals surface area (Å²) >= 11 is 3.38. The number of hydrogen-bond donors (Lipinski definition) is 1. The second-order valence-corrected chi connectivity index (χ2v) is 7.60. The van der Waals surface area contributed by atoms with Gasteiger partial charge in [0.25, 0.3) is 5.91 Å². The minimum Gasteiger partial charge on any atom is -0.497 e. The molecule has 0 saturated carbocycles. The van der Waals surface area contributed by atoms with Crippen LogP contribution in [-0.4, -0.2) is 22.8 Å². The van der Waals surface area contributed by atoms with E-state index < -0.39 is 0 Å². The molecule has 0 aliphatic rings. The van der Waals surface area contributed by atoms with E-state index in [1.807, 2.05) is 24.3 Å². The van der Waals surface area contributed by atoms with E-state index in [4.69, 9.17) is 18.6 Å². The van der Waals surface area contributed by atoms with Gasteiger partial charge >= 0.3 is 0 Å². The van der Waals surface area contributed by atoms with Gasteiger partial charge in [0.2, 0.25) is 0 Å². The van der Waals surface area contributed by atoms with Gasteiger partial charge in [-0.05, 0) is 60.7 Å². The van der Waals surface area contributed by atoms with Crippen LogP contribution in [0.1, 0.15) is 16.3 Å². The van der Waals surface area contributed by atoms with E-state index in [2.05, 4.69) is 26.3 Å². The van der Waals surface area contributed by atoms with Crippen LogP contribution >= 0.6 is 15.9 Å². The van der Waals surface area contributed by atoms with E-state index in [0.717, 1.165) is 10.2 Å². The minimum atomic E-state index is -0.380. The van der Waals surface area contributed by atoms with Gasteiger partial charge in [-0.25, -0.2) is 4.68 Å². The predicted octanol–water partition coefficient (Wildman–Crippen LogP) is 5.12. The summed E-state index contributed by atoms with van der Waals surface area (Å²) < 4.78 is 24.6. The van der Waals surface area contributed by atoms with Crippen molar-refractivity contribution in [3.63, 3.8) is 0 Å². The van der Waals surface area contributed by atoms with Crippen LogP contribution in [0.2, 0.25) is 0 Å². The molecular formula is C23H20BrN3O5. The maximum Gasteiger partial charge on any atom is 0.291 e. The number of carbonyl (C=O) groups excluding carboxylic acids is 1. The quantitative estimate of drug-likeness (QED) is 0.345. The fourth-order valence-corrected chi connectivity index (χ4v) is 3.03. The van der Waals surface area contributed by atoms with Gasteiger partial charge in [0.1, 0.15) is 29.6 Å². The third kappa shape index (κ3) is 5.70. The summed E-state index contributed by atoms with van der Waals surface area (Å²) in [5.74, 6) is 2.47. The topological polar surface area (TPSA) is 87.8 Å². The van der Waals surface area contributed by atoms with E-state index in [0.29, 0.717) is 22.9 Å². The van der Waals surface area contributed by atoms with E-state index >= 15 is 0 Å². The number of anilines is 1. The third-order valence-corrected chi connectivity index (χ3v) is 4.92. The minimum absolute atomic E-state index is 0.178. The summed E-state index contributed by atoms with van der Waals surface area (Å²) in [6, 6.07) is 18.0. The summed E-state index contributed by atoms with van der Waals surface area (Å²) in [6.07, 6.45) is 3.22. The van der Waals surface area contributed by atoms with Crippen molar-refractivity contribution in [1.82, 2.24) is 9.78 Å². The Hall–Kier alpha value is -3.72. The van der Waals surface area contributed by atoms with Crippen LogP contribution in [0.5, 0.6) is 17.2 Å². The Kier molecular flexibility index (Phi) is 6.76. The maximum atomic E-state index is 12.5. The second kappa shape index (κ2) is 10.1. The molecule has 1 amide bonds. The van der Waals surface area contributed by atoms with Crippen LogP contribution in [0.15, 0.2) is 81.9 Å². The fourth-order valence-electron chi connectivity index (χ4n) is 2.77. The van der Waals surface area contributed by atoms with Gasteiger partial charge < -0.3 is 23.9 Å². The Balaban J connectivity index is 1.27. The van der Waals surface area contributed by atoms with Gasteiger partial charge in [-0.1, -0.05) is 15.9 Å². The first kappa shape index (κ1) is 21.5. The SMILES string of the molecule is COc1ccc(OCc2ccc(C(=O)Nc3cnn(COc4ccc(Br)cc4)c3)o2)cc1. The normalized spacial score (nSPS) is 10.6. The molecule has 0 aliphatic heterocycles. The summed E-state index contributed by atoms with van der Waals surface area (Å²) in [4.78, 5) is 12.5. The molecule has 164 valence electrons. The summed E-state index contributed by atoms with van der Waals surface area (Å²) in [5, 5.41) is 6.94. The van der Waals surface area contributed by atoms with Crippen LogP contribution < -0.4 is 19.5 Å². The highest BCUT2D eigenvalue weighted by Gasteiger charge is 2.13. The van der Waals surface area contributed by atoms with Crippen LogP contribution in [0.25, 0.3) is 0 Å². The number of aromatic nitrogens is 2. The average Bonchev–Trinajstić information content (AvgIpc) is 3.47. The van der Waals surface area contributed by atoms with Gasteiger partial charge in [-0.15, -0.1) is 0 Å². The number of ether oxygens (including phenoxy) is 3. The molecular weight excluding hydrogens is 478 g/mol. The molecule has 2 heterocycles. The van der Waals surface area contributed by atoms with Gasteiger partial charge in [0.15, 0.2) is 12.5 Å². The van der Waals surface area contributed by atoms with E-state index in [-0.39, 0.29) is 25.0 Å². The molecule has 0 spiro atoms. The molecule has 0 fully saturated rings. The molecule has 0 aliphatic carbocycles. The lowest BCUT2D eigenvalue weighted by Crippen LogP contribution is -2.10. The van der Waals surface area contributed by atoms with Crippen molar-refractivity contribution in [2.45, 2.75) is 13.3 Å². The Morgan fingerprint density at radius 1 is 1.00 bits per heavy atom. The van der Waals surface area contributed by atoms with Crippen molar-refractivity contribution in [1.29, 1.82) is 0 Å². The van der Waals surface area contributed by atoms with Crippen molar-refractivity contribution in [2.75, 3.05) is 12.4 Å². The maximum absolute atomic E-state index is 12.5. The summed E-state index contributed by atoms with van der Waals surface area (Å²) in [6.45, 7) is 0.413. The Morgan fingerprint density at radius 3 is 2.44 bits per heavy atom. The van der Waals surface area contributed by atoms with Gasteiger partial charge in [-0.2, -0.15) is 5.10 Å². The Morgan fingerprint density at radius 2 is 1.69 bits per heavy atom. The van der Waals surface area contributed by atoms with Crippen molar-refractivity contribution >= 4 is 27.5 Å². The molecule has 0 radical (unpaired) electrons. The molecule has 0 saturated heterocycles. The highest BCUT2D eigenvalue weighted by Crippen LogP contribution is 2.20. The molecule has 2 aromatic heterocycles. The first-order chi connectivity index (χ1) is 15.6. The lowest BCUT2D eigenvalue weighted by atomic mass is 10.3. The van der Waals surface area contributed by atoms with Gasteiger partial charge in [0, 0.05) is 4.47 Å². The predicted molar refractivity (Wildman–Crippen MR) is 121 cm³/mol.